The summed E-state index contributed by atoms with van der Waals surface area (Å²) in [5, 5.41) is 2.87. The number of hydrogen-bond acceptors (Lipinski definition) is 3. The highest BCUT2D eigenvalue weighted by molar-refractivity contribution is 7.84. The third-order valence-electron chi connectivity index (χ3n) is 4.18. The van der Waals surface area contributed by atoms with Gasteiger partial charge >= 0.3 is 0 Å². The molecule has 1 aromatic heterocycles. The minimum absolute atomic E-state index is 0.240. The number of benzene rings is 2. The van der Waals surface area contributed by atoms with E-state index in [4.69, 9.17) is 4.42 Å². The van der Waals surface area contributed by atoms with Gasteiger partial charge in [0.2, 0.25) is 0 Å². The lowest BCUT2D eigenvalue weighted by atomic mass is 10.1. The van der Waals surface area contributed by atoms with E-state index in [1.165, 1.54) is 5.56 Å². The van der Waals surface area contributed by atoms with Crippen molar-refractivity contribution < 1.29 is 13.4 Å². The van der Waals surface area contributed by atoms with Crippen molar-refractivity contribution in [3.63, 3.8) is 0 Å². The Morgan fingerprint density at radius 2 is 1.85 bits per heavy atom. The van der Waals surface area contributed by atoms with Crippen molar-refractivity contribution >= 4 is 16.7 Å². The molecule has 5 heteroatoms. The van der Waals surface area contributed by atoms with E-state index < -0.39 is 10.8 Å². The Kier molecular flexibility index (Phi) is 6.60. The first-order valence-corrected chi connectivity index (χ1v) is 10.3. The molecule has 0 bridgehead atoms. The summed E-state index contributed by atoms with van der Waals surface area (Å²) in [4.78, 5) is 13.0. The van der Waals surface area contributed by atoms with Crippen molar-refractivity contribution in [2.75, 3.05) is 6.54 Å². The molecule has 4 nitrogen and oxygen atoms in total. The molecule has 0 saturated carbocycles. The van der Waals surface area contributed by atoms with E-state index >= 15 is 0 Å². The highest BCUT2D eigenvalue weighted by atomic mass is 32.2. The van der Waals surface area contributed by atoms with Crippen molar-refractivity contribution in [1.82, 2.24) is 5.32 Å². The van der Waals surface area contributed by atoms with E-state index in [1.54, 1.807) is 12.1 Å². The summed E-state index contributed by atoms with van der Waals surface area (Å²) in [6.07, 6.45) is 1.78. The molecule has 140 valence electrons. The maximum absolute atomic E-state index is 12.4. The van der Waals surface area contributed by atoms with Crippen LogP contribution in [0.1, 0.15) is 33.9 Å². The van der Waals surface area contributed by atoms with Crippen LogP contribution in [0.4, 0.5) is 0 Å². The first-order valence-electron chi connectivity index (χ1n) is 8.98. The highest BCUT2D eigenvalue weighted by Gasteiger charge is 2.13. The molecule has 1 N–H and O–H groups in total. The average molecular weight is 381 g/mol. The standard InChI is InChI=1S/C22H23NO3S/c1-17-7-5-11-20(15-17)27(25)16-19-12-13-21(26-19)22(24)23-14-6-10-18-8-3-2-4-9-18/h2-5,7-9,11-13,15H,6,10,14,16H2,1H3,(H,23,24)/t27-/m0/s1. The van der Waals surface area contributed by atoms with Crippen LogP contribution in [-0.2, 0) is 23.0 Å². The molecule has 27 heavy (non-hydrogen) atoms. The summed E-state index contributed by atoms with van der Waals surface area (Å²) in [6, 6.07) is 21.1. The van der Waals surface area contributed by atoms with Gasteiger partial charge in [-0.25, -0.2) is 0 Å². The van der Waals surface area contributed by atoms with Crippen LogP contribution in [-0.4, -0.2) is 16.7 Å². The SMILES string of the molecule is Cc1cccc([S@@](=O)Cc2ccc(C(=O)NCCCc3ccccc3)o2)c1. The van der Waals surface area contributed by atoms with Crippen LogP contribution in [0.2, 0.25) is 0 Å². The predicted octanol–water partition coefficient (Wildman–Crippen LogP) is 4.26. The van der Waals surface area contributed by atoms with Crippen LogP contribution < -0.4 is 5.32 Å². The lowest BCUT2D eigenvalue weighted by Crippen LogP contribution is -2.24. The molecule has 2 aromatic carbocycles. The van der Waals surface area contributed by atoms with E-state index in [9.17, 15) is 9.00 Å². The Morgan fingerprint density at radius 1 is 1.04 bits per heavy atom. The van der Waals surface area contributed by atoms with Crippen molar-refractivity contribution in [2.45, 2.75) is 30.4 Å². The van der Waals surface area contributed by atoms with E-state index in [0.717, 1.165) is 23.3 Å². The highest BCUT2D eigenvalue weighted by Crippen LogP contribution is 2.16. The Labute approximate surface area is 162 Å². The quantitative estimate of drug-likeness (QED) is 0.593. The number of nitrogens with one attached hydrogen (secondary N) is 1. The third kappa shape index (κ3) is 5.66. The van der Waals surface area contributed by atoms with Crippen LogP contribution in [0.15, 0.2) is 76.0 Å². The van der Waals surface area contributed by atoms with Gasteiger partial charge in [-0.2, -0.15) is 0 Å². The Balaban J connectivity index is 1.48. The molecule has 1 amide bonds. The number of carbonyl (C=O) groups excluding carboxylic acids is 1. The minimum Gasteiger partial charge on any atom is -0.455 e. The molecule has 0 aliphatic rings. The number of rotatable bonds is 8. The summed E-state index contributed by atoms with van der Waals surface area (Å²) in [5.41, 5.74) is 2.32. The molecule has 1 heterocycles. The lowest BCUT2D eigenvalue weighted by Gasteiger charge is -2.04. The number of hydrogen-bond donors (Lipinski definition) is 1. The van der Waals surface area contributed by atoms with Gasteiger partial charge in [0.25, 0.3) is 5.91 Å². The van der Waals surface area contributed by atoms with E-state index in [0.29, 0.717) is 12.3 Å². The van der Waals surface area contributed by atoms with E-state index in [-0.39, 0.29) is 17.4 Å². The van der Waals surface area contributed by atoms with Gasteiger partial charge in [-0.3, -0.25) is 9.00 Å². The van der Waals surface area contributed by atoms with Gasteiger partial charge in [0, 0.05) is 11.4 Å². The van der Waals surface area contributed by atoms with Gasteiger partial charge in [-0.1, -0.05) is 42.5 Å². The van der Waals surface area contributed by atoms with Crippen molar-refractivity contribution in [3.8, 4) is 0 Å². The molecule has 0 aliphatic carbocycles. The maximum Gasteiger partial charge on any atom is 0.286 e. The van der Waals surface area contributed by atoms with Gasteiger partial charge in [0.05, 0.1) is 16.6 Å². The molecule has 0 unspecified atom stereocenters. The summed E-state index contributed by atoms with van der Waals surface area (Å²) in [7, 11) is -1.20. The zero-order valence-electron chi connectivity index (χ0n) is 15.3. The average Bonchev–Trinajstić information content (AvgIpc) is 3.14. The van der Waals surface area contributed by atoms with Crippen LogP contribution in [0, 0.1) is 6.92 Å². The smallest absolute Gasteiger partial charge is 0.286 e. The number of furan rings is 1. The van der Waals surface area contributed by atoms with Crippen LogP contribution in [0.3, 0.4) is 0 Å². The Bertz CT molecular complexity index is 918. The fraction of sp³-hybridized carbons (Fsp3) is 0.227. The maximum atomic E-state index is 12.4. The van der Waals surface area contributed by atoms with E-state index in [1.807, 2.05) is 49.4 Å². The van der Waals surface area contributed by atoms with Gasteiger partial charge < -0.3 is 9.73 Å². The monoisotopic (exact) mass is 381 g/mol. The van der Waals surface area contributed by atoms with Crippen LogP contribution in [0.5, 0.6) is 0 Å². The first-order chi connectivity index (χ1) is 13.1. The molecule has 0 fully saturated rings. The molecule has 0 aliphatic heterocycles. The second-order valence-corrected chi connectivity index (χ2v) is 7.87. The van der Waals surface area contributed by atoms with Gasteiger partial charge in [0.15, 0.2) is 5.76 Å². The normalized spacial score (nSPS) is 11.9. The molecule has 0 radical (unpaired) electrons. The topological polar surface area (TPSA) is 59.3 Å². The number of carbonyl (C=O) groups is 1. The predicted molar refractivity (Wildman–Crippen MR) is 107 cm³/mol. The fourth-order valence-electron chi connectivity index (χ4n) is 2.77. The minimum atomic E-state index is -1.20. The fourth-order valence-corrected chi connectivity index (χ4v) is 3.90. The van der Waals surface area contributed by atoms with Gasteiger partial charge in [0.1, 0.15) is 5.76 Å². The number of aryl methyl sites for hydroxylation is 2. The second kappa shape index (κ2) is 9.33. The Morgan fingerprint density at radius 3 is 2.63 bits per heavy atom. The van der Waals surface area contributed by atoms with Crippen molar-refractivity contribution in [2.24, 2.45) is 0 Å². The van der Waals surface area contributed by atoms with E-state index in [2.05, 4.69) is 17.4 Å². The van der Waals surface area contributed by atoms with Crippen LogP contribution in [0.25, 0.3) is 0 Å². The second-order valence-electron chi connectivity index (χ2n) is 6.42. The molecule has 0 saturated heterocycles. The molecule has 1 atom stereocenters. The summed E-state index contributed by atoms with van der Waals surface area (Å²) >= 11 is 0. The van der Waals surface area contributed by atoms with Gasteiger partial charge in [-0.15, -0.1) is 0 Å². The van der Waals surface area contributed by atoms with Crippen molar-refractivity contribution in [1.29, 1.82) is 0 Å². The van der Waals surface area contributed by atoms with Crippen LogP contribution >= 0.6 is 0 Å². The van der Waals surface area contributed by atoms with Crippen molar-refractivity contribution in [3.05, 3.63) is 89.4 Å². The largest absolute Gasteiger partial charge is 0.455 e. The Hall–Kier alpha value is -2.66. The summed E-state index contributed by atoms with van der Waals surface area (Å²) < 4.78 is 18.0. The summed E-state index contributed by atoms with van der Waals surface area (Å²) in [5.74, 6) is 0.816. The zero-order valence-corrected chi connectivity index (χ0v) is 16.1. The molecule has 3 rings (SSSR count). The zero-order chi connectivity index (χ0) is 19.1. The summed E-state index contributed by atoms with van der Waals surface area (Å²) in [6.45, 7) is 2.55. The molecule has 0 spiro atoms. The van der Waals surface area contributed by atoms with Gasteiger partial charge in [-0.05, 0) is 55.2 Å². The molecular weight excluding hydrogens is 358 g/mol. The lowest BCUT2D eigenvalue weighted by molar-refractivity contribution is 0.0924. The number of amides is 1. The third-order valence-corrected chi connectivity index (χ3v) is 5.51. The molecular formula is C22H23NO3S. The molecule has 3 aromatic rings. The first kappa shape index (κ1) is 19.1.